The molecule has 2 unspecified atom stereocenters. The van der Waals surface area contributed by atoms with Crippen LogP contribution in [0.25, 0.3) is 0 Å². The second-order valence-corrected chi connectivity index (χ2v) is 5.02. The van der Waals surface area contributed by atoms with Gasteiger partial charge < -0.3 is 0 Å². The van der Waals surface area contributed by atoms with E-state index < -0.39 is 53.9 Å². The Morgan fingerprint density at radius 2 is 0.963 bits per heavy atom. The normalized spacial score (nSPS) is 31.7. The Kier molecular flexibility index (Phi) is 4.79. The Morgan fingerprint density at radius 3 is 1.30 bits per heavy atom. The van der Waals surface area contributed by atoms with E-state index in [1.807, 2.05) is 4.74 Å². The first-order valence-electron chi connectivity index (χ1n) is 5.72. The van der Waals surface area contributed by atoms with Crippen LogP contribution >= 0.6 is 0 Å². The lowest BCUT2D eigenvalue weighted by Crippen LogP contribution is -2.81. The highest BCUT2D eigenvalue weighted by Crippen LogP contribution is 2.67. The van der Waals surface area contributed by atoms with Gasteiger partial charge >= 0.3 is 47.6 Å². The van der Waals surface area contributed by atoms with Gasteiger partial charge in [-0.05, 0) is 0 Å². The van der Waals surface area contributed by atoms with Crippen LogP contribution in [0.2, 0.25) is 0 Å². The molecule has 0 saturated carbocycles. The van der Waals surface area contributed by atoms with Gasteiger partial charge in [0.25, 0.3) is 6.36 Å². The third kappa shape index (κ3) is 2.43. The summed E-state index contributed by atoms with van der Waals surface area (Å²) >= 11 is 0. The highest BCUT2D eigenvalue weighted by atomic mass is 19.4. The van der Waals surface area contributed by atoms with E-state index >= 15 is 0 Å². The Bertz CT molecular complexity index is 590. The van der Waals surface area contributed by atoms with Gasteiger partial charge in [-0.1, -0.05) is 0 Å². The van der Waals surface area contributed by atoms with Crippen LogP contribution in [0.1, 0.15) is 0 Å². The summed E-state index contributed by atoms with van der Waals surface area (Å²) in [5, 5.41) is 0. The van der Waals surface area contributed by atoms with Gasteiger partial charge in [0.2, 0.25) is 0 Å². The third-order valence-electron chi connectivity index (χ3n) is 3.32. The minimum Gasteiger partial charge on any atom is -0.295 e. The Morgan fingerprint density at radius 1 is 0.593 bits per heavy atom. The highest BCUT2D eigenvalue weighted by molar-refractivity contribution is 5.18. The van der Waals surface area contributed by atoms with E-state index in [1.54, 1.807) is 0 Å². The van der Waals surface area contributed by atoms with Crippen LogP contribution in [-0.2, 0) is 4.74 Å². The van der Waals surface area contributed by atoms with Crippen molar-refractivity contribution in [2.45, 2.75) is 53.9 Å². The molecule has 0 aliphatic carbocycles. The van der Waals surface area contributed by atoms with Gasteiger partial charge in [-0.25, -0.2) is 4.39 Å². The maximum atomic E-state index is 13.7. The fourth-order valence-electron chi connectivity index (χ4n) is 1.69. The van der Waals surface area contributed by atoms with Crippen LogP contribution in [0.4, 0.5) is 74.6 Å². The molecule has 1 nitrogen and oxygen atoms in total. The fourth-order valence-corrected chi connectivity index (χ4v) is 1.69. The lowest BCUT2D eigenvalue weighted by atomic mass is 9.85. The molecule has 27 heavy (non-hydrogen) atoms. The van der Waals surface area contributed by atoms with E-state index in [1.165, 1.54) is 0 Å². The van der Waals surface area contributed by atoms with Crippen molar-refractivity contribution in [2.75, 3.05) is 0 Å². The lowest BCUT2D eigenvalue weighted by Gasteiger charge is -2.50. The van der Waals surface area contributed by atoms with Crippen LogP contribution in [0.15, 0.2) is 0 Å². The van der Waals surface area contributed by atoms with Gasteiger partial charge in [-0.15, -0.1) is 0 Å². The molecule has 0 bridgehead atoms. The molecule has 0 aromatic carbocycles. The molecule has 1 rings (SSSR count). The van der Waals surface area contributed by atoms with E-state index in [-0.39, 0.29) is 0 Å². The first kappa shape index (κ1) is 23.8. The molecule has 2 atom stereocenters. The zero-order valence-electron chi connectivity index (χ0n) is 11.4. The highest BCUT2D eigenvalue weighted by Gasteiger charge is 2.98. The quantitative estimate of drug-likeness (QED) is 0.530. The van der Waals surface area contributed by atoms with Crippen molar-refractivity contribution in [2.24, 2.45) is 0 Å². The van der Waals surface area contributed by atoms with Crippen LogP contribution < -0.4 is 0 Å². The molecule has 1 aliphatic rings. The number of ether oxygens (including phenoxy) is 1. The summed E-state index contributed by atoms with van der Waals surface area (Å²) < 4.78 is 219. The van der Waals surface area contributed by atoms with Crippen molar-refractivity contribution in [3.05, 3.63) is 0 Å². The van der Waals surface area contributed by atoms with Crippen molar-refractivity contribution >= 4 is 0 Å². The molecule has 0 radical (unpaired) electrons. The average molecular weight is 448 g/mol. The number of hydrogen-bond acceptors (Lipinski definition) is 1. The molecule has 0 aromatic heterocycles. The van der Waals surface area contributed by atoms with Gasteiger partial charge in [0.15, 0.2) is 0 Å². The summed E-state index contributed by atoms with van der Waals surface area (Å²) in [6.45, 7) is 0. The second-order valence-electron chi connectivity index (χ2n) is 5.02. The first-order chi connectivity index (χ1) is 11.4. The predicted molar refractivity (Wildman–Crippen MR) is 45.6 cm³/mol. The third-order valence-corrected chi connectivity index (χ3v) is 3.32. The summed E-state index contributed by atoms with van der Waals surface area (Å²) in [5.41, 5.74) is 0. The largest absolute Gasteiger partial charge is 0.460 e. The predicted octanol–water partition coefficient (Wildman–Crippen LogP) is 5.35. The molecule has 1 aliphatic heterocycles. The summed E-state index contributed by atoms with van der Waals surface area (Å²) in [5.74, 6) is -54.9. The van der Waals surface area contributed by atoms with E-state index in [9.17, 15) is 74.6 Å². The molecule has 0 N–H and O–H groups in total. The van der Waals surface area contributed by atoms with Crippen molar-refractivity contribution in [1.29, 1.82) is 0 Å². The van der Waals surface area contributed by atoms with Crippen molar-refractivity contribution in [3.63, 3.8) is 0 Å². The molecule has 18 heteroatoms. The Balaban J connectivity index is 3.75. The van der Waals surface area contributed by atoms with Gasteiger partial charge in [-0.3, -0.25) is 4.74 Å². The van der Waals surface area contributed by atoms with Gasteiger partial charge in [0, 0.05) is 0 Å². The minimum absolute atomic E-state index is 1.85. The fraction of sp³-hybridized carbons (Fsp3) is 1.00. The zero-order chi connectivity index (χ0) is 22.3. The summed E-state index contributed by atoms with van der Waals surface area (Å²) in [7, 11) is 0. The summed E-state index contributed by atoms with van der Waals surface area (Å²) in [6, 6.07) is 0. The van der Waals surface area contributed by atoms with Gasteiger partial charge in [0.1, 0.15) is 0 Å². The van der Waals surface area contributed by atoms with Crippen molar-refractivity contribution in [3.8, 4) is 0 Å². The molecule has 0 amide bonds. The van der Waals surface area contributed by atoms with Crippen LogP contribution in [-0.4, -0.2) is 53.9 Å². The number of hydrogen-bond donors (Lipinski definition) is 0. The SMILES string of the molecule is FC1OC(F)(C(F)(F)C(F)(F)C(F)(F)C(F)(F)F)C(F)(F)C(F)(F)C1(F)F. The summed E-state index contributed by atoms with van der Waals surface area (Å²) in [4.78, 5) is 0. The van der Waals surface area contributed by atoms with Gasteiger partial charge in [-0.2, -0.15) is 70.2 Å². The van der Waals surface area contributed by atoms with Gasteiger partial charge in [0.05, 0.1) is 0 Å². The van der Waals surface area contributed by atoms with E-state index in [4.69, 9.17) is 0 Å². The van der Waals surface area contributed by atoms with Crippen LogP contribution in [0, 0.1) is 0 Å². The molecular weight excluding hydrogens is 447 g/mol. The van der Waals surface area contributed by atoms with Crippen LogP contribution in [0.3, 0.4) is 0 Å². The van der Waals surface area contributed by atoms with Crippen molar-refractivity contribution in [1.82, 2.24) is 0 Å². The zero-order valence-corrected chi connectivity index (χ0v) is 11.4. The van der Waals surface area contributed by atoms with Crippen LogP contribution in [0.5, 0.6) is 0 Å². The second kappa shape index (κ2) is 5.43. The molecule has 0 aromatic rings. The maximum absolute atomic E-state index is 13.7. The molecular formula is C9HF17O. The smallest absolute Gasteiger partial charge is 0.295 e. The molecule has 1 heterocycles. The standard InChI is InChI=1S/C9HF17O/c10-1-2(11,12)3(13,14)5(17,18)8(23,27-1)6(19,20)4(15,16)7(21,22)9(24,25)26/h1H. The maximum Gasteiger partial charge on any atom is 0.460 e. The summed E-state index contributed by atoms with van der Waals surface area (Å²) in [6.07, 6.45) is -13.3. The molecule has 1 saturated heterocycles. The lowest BCUT2D eigenvalue weighted by molar-refractivity contribution is -0.531. The Hall–Kier alpha value is -1.23. The molecule has 162 valence electrons. The monoisotopic (exact) mass is 448 g/mol. The first-order valence-corrected chi connectivity index (χ1v) is 5.72. The molecule has 0 spiro atoms. The topological polar surface area (TPSA) is 9.23 Å². The minimum atomic E-state index is -8.33. The number of alkyl halides is 17. The number of rotatable bonds is 3. The number of halogens is 17. The van der Waals surface area contributed by atoms with E-state index in [2.05, 4.69) is 0 Å². The average Bonchev–Trinajstić information content (AvgIpc) is 2.43. The Labute approximate surface area is 135 Å². The van der Waals surface area contributed by atoms with Crippen molar-refractivity contribution < 1.29 is 79.4 Å². The van der Waals surface area contributed by atoms with E-state index in [0.29, 0.717) is 0 Å². The van der Waals surface area contributed by atoms with E-state index in [0.717, 1.165) is 0 Å². The molecule has 1 fully saturated rings.